The molecule has 0 bridgehead atoms. The standard InChI is InChI=1S/C12H21NO6S/c1-4-19-12(15)10-7-5-6-8-13(10)20(16,17)9(2)11(14)18-3/h9-10H,4-8H2,1-3H3. The SMILES string of the molecule is CCOC(=O)C1CCCCN1S(=O)(=O)C(C)C(=O)OC. The van der Waals surface area contributed by atoms with Gasteiger partial charge in [0.25, 0.3) is 0 Å². The molecule has 0 amide bonds. The van der Waals surface area contributed by atoms with Crippen LogP contribution in [0.15, 0.2) is 0 Å². The van der Waals surface area contributed by atoms with Crippen molar-refractivity contribution in [2.45, 2.75) is 44.4 Å². The lowest BCUT2D eigenvalue weighted by Gasteiger charge is -2.34. The lowest BCUT2D eigenvalue weighted by atomic mass is 10.1. The van der Waals surface area contributed by atoms with Crippen LogP contribution in [0.3, 0.4) is 0 Å². The first-order chi connectivity index (χ1) is 9.36. The lowest BCUT2D eigenvalue weighted by Crippen LogP contribution is -2.52. The molecule has 0 saturated carbocycles. The van der Waals surface area contributed by atoms with E-state index in [1.54, 1.807) is 6.92 Å². The number of esters is 2. The van der Waals surface area contributed by atoms with Crippen molar-refractivity contribution in [3.8, 4) is 0 Å². The predicted molar refractivity (Wildman–Crippen MR) is 71.4 cm³/mol. The lowest BCUT2D eigenvalue weighted by molar-refractivity contribution is -0.149. The molecule has 116 valence electrons. The van der Waals surface area contributed by atoms with Gasteiger partial charge in [-0.3, -0.25) is 9.59 Å². The number of carbonyl (C=O) groups excluding carboxylic acids is 2. The minimum Gasteiger partial charge on any atom is -0.468 e. The normalized spacial score (nSPS) is 22.1. The number of hydrogen-bond donors (Lipinski definition) is 0. The summed E-state index contributed by atoms with van der Waals surface area (Å²) in [5.74, 6) is -1.40. The Morgan fingerprint density at radius 2 is 2.00 bits per heavy atom. The molecule has 0 spiro atoms. The number of rotatable bonds is 5. The highest BCUT2D eigenvalue weighted by Crippen LogP contribution is 2.24. The highest BCUT2D eigenvalue weighted by Gasteiger charge is 2.42. The van der Waals surface area contributed by atoms with Gasteiger partial charge in [0.05, 0.1) is 13.7 Å². The van der Waals surface area contributed by atoms with Gasteiger partial charge in [0.15, 0.2) is 5.25 Å². The van der Waals surface area contributed by atoms with E-state index in [1.165, 1.54) is 6.92 Å². The minimum absolute atomic E-state index is 0.190. The highest BCUT2D eigenvalue weighted by atomic mass is 32.2. The first-order valence-corrected chi connectivity index (χ1v) is 8.11. The Kier molecular flexibility index (Phi) is 5.94. The number of carbonyl (C=O) groups is 2. The van der Waals surface area contributed by atoms with Crippen molar-refractivity contribution < 1.29 is 27.5 Å². The van der Waals surface area contributed by atoms with Crippen molar-refractivity contribution in [1.29, 1.82) is 0 Å². The first kappa shape index (κ1) is 16.9. The smallest absolute Gasteiger partial charge is 0.325 e. The molecule has 1 rings (SSSR count). The van der Waals surface area contributed by atoms with Gasteiger partial charge in [-0.2, -0.15) is 4.31 Å². The maximum atomic E-state index is 12.4. The van der Waals surface area contributed by atoms with Crippen LogP contribution in [0.5, 0.6) is 0 Å². The van der Waals surface area contributed by atoms with E-state index in [2.05, 4.69) is 4.74 Å². The summed E-state index contributed by atoms with van der Waals surface area (Å²) in [6, 6.07) is -0.846. The molecule has 2 atom stereocenters. The third kappa shape index (κ3) is 3.49. The van der Waals surface area contributed by atoms with Crippen LogP contribution in [0.25, 0.3) is 0 Å². The molecule has 0 aromatic rings. The molecular weight excluding hydrogens is 286 g/mol. The summed E-state index contributed by atoms with van der Waals surface area (Å²) in [7, 11) is -2.80. The third-order valence-electron chi connectivity index (χ3n) is 3.32. The van der Waals surface area contributed by atoms with E-state index >= 15 is 0 Å². The Morgan fingerprint density at radius 1 is 1.35 bits per heavy atom. The Bertz CT molecular complexity index is 461. The first-order valence-electron chi connectivity index (χ1n) is 6.61. The number of nitrogens with zero attached hydrogens (tertiary/aromatic N) is 1. The fourth-order valence-electron chi connectivity index (χ4n) is 2.17. The summed E-state index contributed by atoms with van der Waals surface area (Å²) < 4.78 is 35.3. The zero-order valence-corrected chi connectivity index (χ0v) is 12.8. The molecule has 1 heterocycles. The molecule has 8 heteroatoms. The molecule has 0 radical (unpaired) electrons. The van der Waals surface area contributed by atoms with E-state index in [0.717, 1.165) is 17.8 Å². The van der Waals surface area contributed by atoms with Crippen LogP contribution in [0.2, 0.25) is 0 Å². The second-order valence-electron chi connectivity index (χ2n) is 4.58. The average Bonchev–Trinajstić information content (AvgIpc) is 2.45. The highest BCUT2D eigenvalue weighted by molar-refractivity contribution is 7.90. The van der Waals surface area contributed by atoms with Gasteiger partial charge in [-0.25, -0.2) is 8.42 Å². The Hall–Kier alpha value is -1.15. The van der Waals surface area contributed by atoms with Gasteiger partial charge in [-0.15, -0.1) is 0 Å². The number of hydrogen-bond acceptors (Lipinski definition) is 6. The molecule has 1 fully saturated rings. The van der Waals surface area contributed by atoms with Crippen LogP contribution in [-0.2, 0) is 29.1 Å². The van der Waals surface area contributed by atoms with Crippen LogP contribution in [0.1, 0.15) is 33.1 Å². The monoisotopic (exact) mass is 307 g/mol. The van der Waals surface area contributed by atoms with Crippen LogP contribution in [0, 0.1) is 0 Å². The fraction of sp³-hybridized carbons (Fsp3) is 0.833. The van der Waals surface area contributed by atoms with Gasteiger partial charge < -0.3 is 9.47 Å². The number of piperidine rings is 1. The topological polar surface area (TPSA) is 90.0 Å². The zero-order valence-electron chi connectivity index (χ0n) is 12.0. The largest absolute Gasteiger partial charge is 0.468 e. The van der Waals surface area contributed by atoms with Crippen LogP contribution in [0.4, 0.5) is 0 Å². The van der Waals surface area contributed by atoms with Crippen LogP contribution in [-0.4, -0.2) is 56.2 Å². The quantitative estimate of drug-likeness (QED) is 0.678. The third-order valence-corrected chi connectivity index (χ3v) is 5.50. The summed E-state index contributed by atoms with van der Waals surface area (Å²) in [5.41, 5.74) is 0. The number of methoxy groups -OCH3 is 1. The van der Waals surface area contributed by atoms with Crippen molar-refractivity contribution in [1.82, 2.24) is 4.31 Å². The maximum Gasteiger partial charge on any atom is 0.325 e. The van der Waals surface area contributed by atoms with E-state index < -0.39 is 33.3 Å². The molecule has 2 unspecified atom stereocenters. The van der Waals surface area contributed by atoms with E-state index in [1.807, 2.05) is 0 Å². The summed E-state index contributed by atoms with van der Waals surface area (Å²) in [5, 5.41) is -1.33. The molecule has 0 N–H and O–H groups in total. The van der Waals surface area contributed by atoms with Crippen molar-refractivity contribution in [3.05, 3.63) is 0 Å². The van der Waals surface area contributed by atoms with Gasteiger partial charge in [0.2, 0.25) is 10.0 Å². The molecule has 1 aliphatic rings. The summed E-state index contributed by atoms with van der Waals surface area (Å²) in [6.07, 6.45) is 1.82. The van der Waals surface area contributed by atoms with Crippen LogP contribution >= 0.6 is 0 Å². The second-order valence-corrected chi connectivity index (χ2v) is 6.79. The predicted octanol–water partition coefficient (Wildman–Crippen LogP) is 0.295. The van der Waals surface area contributed by atoms with E-state index in [9.17, 15) is 18.0 Å². The summed E-state index contributed by atoms with van der Waals surface area (Å²) >= 11 is 0. The van der Waals surface area contributed by atoms with Gasteiger partial charge in [0.1, 0.15) is 6.04 Å². The second kappa shape index (κ2) is 7.03. The van der Waals surface area contributed by atoms with Crippen molar-refractivity contribution in [2.24, 2.45) is 0 Å². The van der Waals surface area contributed by atoms with Crippen LogP contribution < -0.4 is 0 Å². The molecule has 0 aliphatic carbocycles. The molecule has 1 saturated heterocycles. The number of ether oxygens (including phenoxy) is 2. The molecule has 20 heavy (non-hydrogen) atoms. The molecule has 1 aliphatic heterocycles. The van der Waals surface area contributed by atoms with E-state index in [0.29, 0.717) is 12.8 Å². The van der Waals surface area contributed by atoms with Gasteiger partial charge in [-0.1, -0.05) is 0 Å². The van der Waals surface area contributed by atoms with Gasteiger partial charge >= 0.3 is 11.9 Å². The number of sulfonamides is 1. The Balaban J connectivity index is 3.00. The zero-order chi connectivity index (χ0) is 15.3. The summed E-state index contributed by atoms with van der Waals surface area (Å²) in [4.78, 5) is 23.3. The fourth-order valence-corrected chi connectivity index (χ4v) is 3.85. The Morgan fingerprint density at radius 3 is 2.55 bits per heavy atom. The van der Waals surface area contributed by atoms with E-state index in [4.69, 9.17) is 4.74 Å². The average molecular weight is 307 g/mol. The molecule has 0 aromatic carbocycles. The Labute approximate surface area is 119 Å². The minimum atomic E-state index is -3.93. The van der Waals surface area contributed by atoms with Gasteiger partial charge in [0, 0.05) is 6.54 Å². The van der Waals surface area contributed by atoms with Crippen molar-refractivity contribution in [3.63, 3.8) is 0 Å². The van der Waals surface area contributed by atoms with E-state index in [-0.39, 0.29) is 13.2 Å². The molecule has 0 aromatic heterocycles. The van der Waals surface area contributed by atoms with Crippen molar-refractivity contribution >= 4 is 22.0 Å². The van der Waals surface area contributed by atoms with Gasteiger partial charge in [-0.05, 0) is 33.1 Å². The summed E-state index contributed by atoms with van der Waals surface area (Å²) in [6.45, 7) is 3.33. The molecule has 7 nitrogen and oxygen atoms in total. The molecular formula is C12H21NO6S. The van der Waals surface area contributed by atoms with Crippen molar-refractivity contribution in [2.75, 3.05) is 20.3 Å². The maximum absolute atomic E-state index is 12.4.